The van der Waals surface area contributed by atoms with E-state index < -0.39 is 0 Å². The highest BCUT2D eigenvalue weighted by molar-refractivity contribution is 6.17. The molecule has 0 aliphatic heterocycles. The van der Waals surface area contributed by atoms with Crippen LogP contribution in [0.1, 0.15) is 0 Å². The number of hydrogen-bond donors (Lipinski definition) is 0. The second-order valence-electron chi connectivity index (χ2n) is 19.7. The van der Waals surface area contributed by atoms with Crippen LogP contribution < -0.4 is 0 Å². The lowest BCUT2D eigenvalue weighted by Crippen LogP contribution is -1.96. The van der Waals surface area contributed by atoms with Gasteiger partial charge in [-0.15, -0.1) is 0 Å². The first-order valence-electron chi connectivity index (χ1n) is 25.7. The minimum atomic E-state index is 0.806. The third kappa shape index (κ3) is 6.41. The second kappa shape index (κ2) is 16.6. The molecule has 0 fully saturated rings. The first-order valence-corrected chi connectivity index (χ1v) is 25.7. The van der Waals surface area contributed by atoms with Crippen molar-refractivity contribution in [1.82, 2.24) is 19.1 Å². The summed E-state index contributed by atoms with van der Waals surface area (Å²) in [5, 5.41) is 8.90. The standard InChI is InChI=1S/C70H42N4O2/c1-3-18-51(45-14-12-34-71-41-45)49(16-1)43-28-31-64-58(36-43)54-20-5-8-25-62(54)73(64)48-30-33-68-60(40-48)61-38-47(53-23-11-24-57-56-22-7-10-27-67(56)75-69(53)57)39-66(70(61)76-68)74-63-26-9-6-21-55(63)59-37-44(29-32-65(59)74)50-17-2-4-19-52(50)46-15-13-35-72-42-46/h1-42H. The lowest BCUT2D eigenvalue weighted by atomic mass is 9.94. The van der Waals surface area contributed by atoms with Crippen molar-refractivity contribution in [3.63, 3.8) is 0 Å². The van der Waals surface area contributed by atoms with E-state index in [-0.39, 0.29) is 0 Å². The Hall–Kier alpha value is -10.3. The Bertz CT molecular complexity index is 5000. The number of rotatable bonds is 7. The summed E-state index contributed by atoms with van der Waals surface area (Å²) in [7, 11) is 0. The van der Waals surface area contributed by atoms with Crippen LogP contribution in [0.4, 0.5) is 0 Å². The summed E-state index contributed by atoms with van der Waals surface area (Å²) in [5.74, 6) is 0. The van der Waals surface area contributed by atoms with E-state index in [1.807, 2.05) is 43.0 Å². The smallest absolute Gasteiger partial charge is 0.159 e. The molecule has 6 heteroatoms. The van der Waals surface area contributed by atoms with Crippen LogP contribution >= 0.6 is 0 Å². The van der Waals surface area contributed by atoms with Gasteiger partial charge < -0.3 is 18.0 Å². The van der Waals surface area contributed by atoms with Crippen LogP contribution in [0.25, 0.3) is 154 Å². The zero-order valence-corrected chi connectivity index (χ0v) is 40.9. The first-order chi connectivity index (χ1) is 37.7. The van der Waals surface area contributed by atoms with Gasteiger partial charge in [0.2, 0.25) is 0 Å². The summed E-state index contributed by atoms with van der Waals surface area (Å²) in [6.45, 7) is 0. The summed E-state index contributed by atoms with van der Waals surface area (Å²) in [6.07, 6.45) is 7.52. The Balaban J connectivity index is 0.932. The SMILES string of the molecule is c1cncc(-c2ccccc2-c2ccc3c(c2)c2ccccc2n3-c2ccc3oc4c(-n5c6ccccc6c6cc(-c7ccccc7-c7cccnc7)ccc65)cc(-c5cccc6c5oc5ccccc56)cc4c3c2)c1. The van der Waals surface area contributed by atoms with E-state index in [4.69, 9.17) is 8.83 Å². The van der Waals surface area contributed by atoms with Crippen LogP contribution in [0.3, 0.4) is 0 Å². The van der Waals surface area contributed by atoms with Gasteiger partial charge in [-0.05, 0) is 124 Å². The Morgan fingerprint density at radius 3 is 1.42 bits per heavy atom. The Labute approximate surface area is 435 Å². The van der Waals surface area contributed by atoms with Crippen LogP contribution in [0.15, 0.2) is 264 Å². The molecule has 16 rings (SSSR count). The number of pyridine rings is 2. The van der Waals surface area contributed by atoms with Crippen molar-refractivity contribution in [2.24, 2.45) is 0 Å². The van der Waals surface area contributed by atoms with Gasteiger partial charge in [-0.3, -0.25) is 9.97 Å². The number of benzene rings is 10. The van der Waals surface area contributed by atoms with Crippen LogP contribution in [0.5, 0.6) is 0 Å². The van der Waals surface area contributed by atoms with E-state index in [0.29, 0.717) is 0 Å². The second-order valence-corrected chi connectivity index (χ2v) is 19.7. The molecule has 0 N–H and O–H groups in total. The molecule has 76 heavy (non-hydrogen) atoms. The fourth-order valence-electron chi connectivity index (χ4n) is 12.1. The molecule has 0 spiro atoms. The normalized spacial score (nSPS) is 11.9. The number of hydrogen-bond acceptors (Lipinski definition) is 4. The van der Waals surface area contributed by atoms with E-state index in [0.717, 1.165) is 138 Å². The molecule has 0 amide bonds. The van der Waals surface area contributed by atoms with Gasteiger partial charge in [0.05, 0.1) is 27.8 Å². The molecule has 0 bridgehead atoms. The van der Waals surface area contributed by atoms with Crippen molar-refractivity contribution in [3.8, 4) is 67.0 Å². The molecule has 16 aromatic rings. The first kappa shape index (κ1) is 42.2. The largest absolute Gasteiger partial charge is 0.455 e. The molecule has 0 aliphatic rings. The van der Waals surface area contributed by atoms with Gasteiger partial charge in [0.1, 0.15) is 16.7 Å². The number of fused-ring (bicyclic) bond motifs is 12. The molecule has 0 saturated carbocycles. The minimum Gasteiger partial charge on any atom is -0.455 e. The Morgan fingerprint density at radius 2 is 0.776 bits per heavy atom. The van der Waals surface area contributed by atoms with Gasteiger partial charge in [0.15, 0.2) is 5.58 Å². The van der Waals surface area contributed by atoms with Gasteiger partial charge in [-0.25, -0.2) is 0 Å². The van der Waals surface area contributed by atoms with E-state index in [1.165, 1.54) is 16.3 Å². The summed E-state index contributed by atoms with van der Waals surface area (Å²) < 4.78 is 18.7. The predicted octanol–water partition coefficient (Wildman–Crippen LogP) is 18.8. The summed E-state index contributed by atoms with van der Waals surface area (Å²) in [4.78, 5) is 8.91. The Kier molecular flexibility index (Phi) is 9.23. The zero-order chi connectivity index (χ0) is 49.8. The van der Waals surface area contributed by atoms with Crippen molar-refractivity contribution in [2.45, 2.75) is 0 Å². The maximum Gasteiger partial charge on any atom is 0.159 e. The van der Waals surface area contributed by atoms with Crippen LogP contribution in [-0.4, -0.2) is 19.1 Å². The molecule has 10 aromatic carbocycles. The molecule has 354 valence electrons. The van der Waals surface area contributed by atoms with Crippen LogP contribution in [0, 0.1) is 0 Å². The highest BCUT2D eigenvalue weighted by atomic mass is 16.3. The number of nitrogens with zero attached hydrogens (tertiary/aromatic N) is 4. The molecule has 6 nitrogen and oxygen atoms in total. The highest BCUT2D eigenvalue weighted by Gasteiger charge is 2.24. The molecule has 0 radical (unpaired) electrons. The summed E-state index contributed by atoms with van der Waals surface area (Å²) in [5.41, 5.74) is 20.9. The maximum atomic E-state index is 7.19. The fraction of sp³-hybridized carbons (Fsp3) is 0. The molecule has 0 aliphatic carbocycles. The van der Waals surface area contributed by atoms with E-state index in [1.54, 1.807) is 0 Å². The molecular weight excluding hydrogens is 929 g/mol. The van der Waals surface area contributed by atoms with Crippen LogP contribution in [0.2, 0.25) is 0 Å². The third-order valence-electron chi connectivity index (χ3n) is 15.5. The fourth-order valence-corrected chi connectivity index (χ4v) is 12.1. The van der Waals surface area contributed by atoms with Crippen molar-refractivity contribution < 1.29 is 8.83 Å². The number of aromatic nitrogens is 4. The Morgan fingerprint density at radius 1 is 0.276 bits per heavy atom. The molecule has 6 aromatic heterocycles. The maximum absolute atomic E-state index is 7.19. The summed E-state index contributed by atoms with van der Waals surface area (Å²) >= 11 is 0. The highest BCUT2D eigenvalue weighted by Crippen LogP contribution is 2.46. The quantitative estimate of drug-likeness (QED) is 0.160. The zero-order valence-electron chi connectivity index (χ0n) is 40.9. The number of furan rings is 2. The van der Waals surface area contributed by atoms with Crippen molar-refractivity contribution >= 4 is 87.5 Å². The van der Waals surface area contributed by atoms with E-state index >= 15 is 0 Å². The third-order valence-corrected chi connectivity index (χ3v) is 15.5. The van der Waals surface area contributed by atoms with Crippen LogP contribution in [-0.2, 0) is 0 Å². The van der Waals surface area contributed by atoms with Gasteiger partial charge in [-0.2, -0.15) is 0 Å². The summed E-state index contributed by atoms with van der Waals surface area (Å²) in [6, 6.07) is 82.7. The molecule has 0 atom stereocenters. The monoisotopic (exact) mass is 970 g/mol. The van der Waals surface area contributed by atoms with E-state index in [2.05, 4.69) is 231 Å². The van der Waals surface area contributed by atoms with Gasteiger partial charge in [0, 0.05) is 90.3 Å². The van der Waals surface area contributed by atoms with Gasteiger partial charge >= 0.3 is 0 Å². The molecule has 0 saturated heterocycles. The van der Waals surface area contributed by atoms with Crippen molar-refractivity contribution in [2.75, 3.05) is 0 Å². The lowest BCUT2D eigenvalue weighted by molar-refractivity contribution is 0.666. The lowest BCUT2D eigenvalue weighted by Gasteiger charge is -2.13. The molecule has 6 heterocycles. The predicted molar refractivity (Wildman–Crippen MR) is 312 cm³/mol. The van der Waals surface area contributed by atoms with Gasteiger partial charge in [0.25, 0.3) is 0 Å². The van der Waals surface area contributed by atoms with Gasteiger partial charge in [-0.1, -0.05) is 146 Å². The van der Waals surface area contributed by atoms with E-state index in [9.17, 15) is 0 Å². The van der Waals surface area contributed by atoms with Crippen molar-refractivity contribution in [1.29, 1.82) is 0 Å². The topological polar surface area (TPSA) is 61.9 Å². The number of para-hydroxylation sites is 4. The average Bonchev–Trinajstić information content (AvgIpc) is 4.33. The molecule has 0 unspecified atom stereocenters. The van der Waals surface area contributed by atoms with Crippen molar-refractivity contribution in [3.05, 3.63) is 255 Å². The molecular formula is C70H42N4O2. The average molecular weight is 971 g/mol. The minimum absolute atomic E-state index is 0.806.